The van der Waals surface area contributed by atoms with Gasteiger partial charge in [0.2, 0.25) is 6.79 Å². The van der Waals surface area contributed by atoms with Gasteiger partial charge in [-0.2, -0.15) is 0 Å². The second-order valence-electron chi connectivity index (χ2n) is 6.38. The number of nitrogen functional groups attached to an aromatic ring is 1. The Labute approximate surface area is 159 Å². The second kappa shape index (κ2) is 6.34. The quantitative estimate of drug-likeness (QED) is 0.568. The predicted molar refractivity (Wildman–Crippen MR) is 101 cm³/mol. The molecule has 8 nitrogen and oxygen atoms in total. The van der Waals surface area contributed by atoms with Gasteiger partial charge in [-0.1, -0.05) is 11.2 Å². The van der Waals surface area contributed by atoms with E-state index < -0.39 is 0 Å². The largest absolute Gasteiger partial charge is 0.454 e. The number of nitrogens with one attached hydrogen (secondary N) is 1. The first-order chi connectivity index (χ1) is 13.7. The van der Waals surface area contributed by atoms with E-state index in [2.05, 4.69) is 10.5 Å². The number of nitrogens with two attached hydrogens (primary N) is 1. The van der Waals surface area contributed by atoms with Crippen molar-refractivity contribution >= 4 is 17.1 Å². The summed E-state index contributed by atoms with van der Waals surface area (Å²) in [5.74, 6) is 1.68. The molecule has 5 rings (SSSR count). The van der Waals surface area contributed by atoms with Crippen molar-refractivity contribution in [2.75, 3.05) is 12.5 Å². The van der Waals surface area contributed by atoms with Gasteiger partial charge >= 0.3 is 0 Å². The number of amides is 1. The van der Waals surface area contributed by atoms with E-state index in [-0.39, 0.29) is 19.2 Å². The number of fused-ring (bicyclic) bond motifs is 2. The Morgan fingerprint density at radius 2 is 2.07 bits per heavy atom. The normalized spacial score (nSPS) is 12.4. The summed E-state index contributed by atoms with van der Waals surface area (Å²) in [7, 11) is 0. The minimum absolute atomic E-state index is 0.213. The van der Waals surface area contributed by atoms with Crippen LogP contribution in [0.2, 0.25) is 0 Å². The number of carbonyl (C=O) groups excluding carboxylic acids is 1. The van der Waals surface area contributed by atoms with Crippen molar-refractivity contribution < 1.29 is 18.8 Å². The maximum absolute atomic E-state index is 12.5. The molecule has 1 amide bonds. The van der Waals surface area contributed by atoms with Crippen LogP contribution in [0.3, 0.4) is 0 Å². The maximum atomic E-state index is 12.5. The van der Waals surface area contributed by atoms with Gasteiger partial charge in [-0.05, 0) is 30.3 Å². The van der Waals surface area contributed by atoms with E-state index in [1.54, 1.807) is 12.3 Å². The van der Waals surface area contributed by atoms with Gasteiger partial charge in [0.15, 0.2) is 17.3 Å². The van der Waals surface area contributed by atoms with Crippen LogP contribution in [-0.2, 0) is 6.54 Å². The topological polar surface area (TPSA) is 104 Å². The molecule has 0 saturated carbocycles. The van der Waals surface area contributed by atoms with Crippen molar-refractivity contribution in [3.05, 3.63) is 66.1 Å². The van der Waals surface area contributed by atoms with Crippen molar-refractivity contribution in [2.24, 2.45) is 0 Å². The second-order valence-corrected chi connectivity index (χ2v) is 6.38. The standard InChI is InChI=1S/C20H16N4O4/c21-19-14(10-24-6-2-1-3-15(19)24)20(25)22-9-13-8-17(28-23-13)12-4-5-16-18(7-12)27-11-26-16/h1-8,10H,9,11,21H2,(H,22,25). The number of pyridine rings is 1. The lowest BCUT2D eigenvalue weighted by molar-refractivity contribution is 0.0951. The van der Waals surface area contributed by atoms with E-state index in [0.29, 0.717) is 34.2 Å². The molecule has 140 valence electrons. The average molecular weight is 376 g/mol. The Morgan fingerprint density at radius 1 is 1.18 bits per heavy atom. The zero-order valence-electron chi connectivity index (χ0n) is 14.7. The summed E-state index contributed by atoms with van der Waals surface area (Å²) < 4.78 is 17.9. The van der Waals surface area contributed by atoms with Crippen LogP contribution < -0.4 is 20.5 Å². The summed E-state index contributed by atoms with van der Waals surface area (Å²) in [6, 6.07) is 12.9. The van der Waals surface area contributed by atoms with Crippen LogP contribution in [-0.4, -0.2) is 22.3 Å². The fourth-order valence-corrected chi connectivity index (χ4v) is 3.17. The third-order valence-corrected chi connectivity index (χ3v) is 4.62. The number of carbonyl (C=O) groups is 1. The summed E-state index contributed by atoms with van der Waals surface area (Å²) in [4.78, 5) is 12.5. The van der Waals surface area contributed by atoms with Crippen LogP contribution in [0.25, 0.3) is 16.8 Å². The molecule has 0 unspecified atom stereocenters. The molecule has 0 fully saturated rings. The molecule has 0 saturated heterocycles. The Bertz CT molecular complexity index is 1190. The van der Waals surface area contributed by atoms with E-state index in [1.807, 2.05) is 47.0 Å². The zero-order chi connectivity index (χ0) is 19.1. The number of ether oxygens (including phenoxy) is 2. The molecule has 0 spiro atoms. The van der Waals surface area contributed by atoms with E-state index in [4.69, 9.17) is 19.7 Å². The highest BCUT2D eigenvalue weighted by molar-refractivity contribution is 6.03. The van der Waals surface area contributed by atoms with Gasteiger partial charge in [0.25, 0.3) is 5.91 Å². The van der Waals surface area contributed by atoms with Gasteiger partial charge < -0.3 is 29.4 Å². The minimum Gasteiger partial charge on any atom is -0.454 e. The molecular weight excluding hydrogens is 360 g/mol. The molecule has 3 N–H and O–H groups in total. The van der Waals surface area contributed by atoms with Gasteiger partial charge in [-0.15, -0.1) is 0 Å². The fourth-order valence-electron chi connectivity index (χ4n) is 3.17. The van der Waals surface area contributed by atoms with Crippen LogP contribution in [0.15, 0.2) is 59.4 Å². The lowest BCUT2D eigenvalue weighted by Crippen LogP contribution is -2.23. The van der Waals surface area contributed by atoms with Gasteiger partial charge in [0, 0.05) is 24.0 Å². The molecule has 0 bridgehead atoms. The number of anilines is 1. The molecule has 3 aromatic heterocycles. The Balaban J connectivity index is 1.31. The van der Waals surface area contributed by atoms with Crippen LogP contribution in [0.4, 0.5) is 5.69 Å². The summed E-state index contributed by atoms with van der Waals surface area (Å²) >= 11 is 0. The van der Waals surface area contributed by atoms with Crippen molar-refractivity contribution in [3.63, 3.8) is 0 Å². The Hall–Kier alpha value is -3.94. The van der Waals surface area contributed by atoms with Crippen LogP contribution in [0.5, 0.6) is 11.5 Å². The number of hydrogen-bond donors (Lipinski definition) is 2. The third-order valence-electron chi connectivity index (χ3n) is 4.62. The highest BCUT2D eigenvalue weighted by Crippen LogP contribution is 2.36. The molecule has 0 radical (unpaired) electrons. The van der Waals surface area contributed by atoms with Crippen molar-refractivity contribution in [1.29, 1.82) is 0 Å². The number of hydrogen-bond acceptors (Lipinski definition) is 6. The smallest absolute Gasteiger partial charge is 0.255 e. The lowest BCUT2D eigenvalue weighted by Gasteiger charge is -2.01. The van der Waals surface area contributed by atoms with Gasteiger partial charge in [0.1, 0.15) is 5.69 Å². The number of benzene rings is 1. The number of nitrogens with zero attached hydrogens (tertiary/aromatic N) is 2. The summed E-state index contributed by atoms with van der Waals surface area (Å²) in [6.07, 6.45) is 3.55. The van der Waals surface area contributed by atoms with Crippen LogP contribution >= 0.6 is 0 Å². The molecule has 28 heavy (non-hydrogen) atoms. The summed E-state index contributed by atoms with van der Waals surface area (Å²) in [5.41, 5.74) is 9.17. The Morgan fingerprint density at radius 3 is 2.96 bits per heavy atom. The monoisotopic (exact) mass is 376 g/mol. The highest BCUT2D eigenvalue weighted by atomic mass is 16.7. The number of aromatic nitrogens is 2. The highest BCUT2D eigenvalue weighted by Gasteiger charge is 2.17. The summed E-state index contributed by atoms with van der Waals surface area (Å²) in [6.45, 7) is 0.434. The first-order valence-electron chi connectivity index (χ1n) is 8.68. The molecule has 0 aliphatic carbocycles. The van der Waals surface area contributed by atoms with Crippen LogP contribution in [0, 0.1) is 0 Å². The summed E-state index contributed by atoms with van der Waals surface area (Å²) in [5, 5.41) is 6.84. The lowest BCUT2D eigenvalue weighted by atomic mass is 10.1. The molecule has 8 heteroatoms. The number of rotatable bonds is 4. The van der Waals surface area contributed by atoms with Gasteiger partial charge in [0.05, 0.1) is 23.3 Å². The first-order valence-corrected chi connectivity index (χ1v) is 8.68. The zero-order valence-corrected chi connectivity index (χ0v) is 14.7. The minimum atomic E-state index is -0.270. The van der Waals surface area contributed by atoms with Crippen molar-refractivity contribution in [3.8, 4) is 22.8 Å². The third kappa shape index (κ3) is 2.71. The van der Waals surface area contributed by atoms with E-state index in [1.165, 1.54) is 0 Å². The molecule has 4 aromatic rings. The van der Waals surface area contributed by atoms with Crippen molar-refractivity contribution in [1.82, 2.24) is 14.9 Å². The molecule has 0 atom stereocenters. The molecule has 1 aliphatic rings. The molecule has 1 aromatic carbocycles. The molecule has 4 heterocycles. The van der Waals surface area contributed by atoms with Gasteiger partial charge in [-0.25, -0.2) is 0 Å². The maximum Gasteiger partial charge on any atom is 0.255 e. The molecular formula is C20H16N4O4. The fraction of sp³-hybridized carbons (Fsp3) is 0.100. The first kappa shape index (κ1) is 16.2. The van der Waals surface area contributed by atoms with E-state index >= 15 is 0 Å². The van der Waals surface area contributed by atoms with Gasteiger partial charge in [-0.3, -0.25) is 4.79 Å². The SMILES string of the molecule is Nc1c(C(=O)NCc2cc(-c3ccc4c(c3)OCO4)on2)cn2ccccc12. The van der Waals surface area contributed by atoms with E-state index in [9.17, 15) is 4.79 Å². The Kier molecular flexibility index (Phi) is 3.68. The average Bonchev–Trinajstić information content (AvgIpc) is 3.44. The molecule has 1 aliphatic heterocycles. The van der Waals surface area contributed by atoms with E-state index in [0.717, 1.165) is 11.1 Å². The van der Waals surface area contributed by atoms with Crippen molar-refractivity contribution in [2.45, 2.75) is 6.54 Å². The predicted octanol–water partition coefficient (Wildman–Crippen LogP) is 2.84. The van der Waals surface area contributed by atoms with Crippen LogP contribution in [0.1, 0.15) is 16.1 Å².